The second-order valence-corrected chi connectivity index (χ2v) is 8.45. The molecule has 4 rings (SSSR count). The lowest BCUT2D eigenvalue weighted by Gasteiger charge is -2.17. The number of benzene rings is 1. The van der Waals surface area contributed by atoms with Crippen LogP contribution >= 0.6 is 0 Å². The van der Waals surface area contributed by atoms with Crippen LogP contribution in [-0.4, -0.2) is 25.2 Å². The molecule has 1 aliphatic rings. The Labute approximate surface area is 176 Å². The van der Waals surface area contributed by atoms with E-state index in [0.717, 1.165) is 37.4 Å². The van der Waals surface area contributed by atoms with Gasteiger partial charge in [0.15, 0.2) is 11.2 Å². The van der Waals surface area contributed by atoms with Crippen LogP contribution in [0.3, 0.4) is 0 Å². The van der Waals surface area contributed by atoms with Crippen LogP contribution in [0.15, 0.2) is 27.8 Å². The van der Waals surface area contributed by atoms with Crippen LogP contribution in [0.1, 0.15) is 50.2 Å². The summed E-state index contributed by atoms with van der Waals surface area (Å²) in [4.78, 5) is 33.0. The summed E-state index contributed by atoms with van der Waals surface area (Å²) < 4.78 is 4.89. The van der Waals surface area contributed by atoms with Gasteiger partial charge in [-0.15, -0.1) is 0 Å². The minimum atomic E-state index is -0.280. The van der Waals surface area contributed by atoms with E-state index in [-0.39, 0.29) is 11.2 Å². The average molecular weight is 410 g/mol. The van der Waals surface area contributed by atoms with Crippen molar-refractivity contribution in [1.82, 2.24) is 18.7 Å². The zero-order valence-electron chi connectivity index (χ0n) is 18.4. The van der Waals surface area contributed by atoms with Crippen molar-refractivity contribution < 1.29 is 0 Å². The maximum Gasteiger partial charge on any atom is 0.332 e. The fourth-order valence-corrected chi connectivity index (χ4v) is 4.50. The number of fused-ring (bicyclic) bond motifs is 3. The van der Waals surface area contributed by atoms with Crippen molar-refractivity contribution in [2.75, 3.05) is 11.4 Å². The molecule has 0 fully saturated rings. The molecule has 0 aliphatic carbocycles. The first kappa shape index (κ1) is 20.4. The molecule has 7 heteroatoms. The first-order chi connectivity index (χ1) is 14.4. The minimum absolute atomic E-state index is 0.218. The Hall–Kier alpha value is -2.83. The quantitative estimate of drug-likeness (QED) is 0.559. The third-order valence-electron chi connectivity index (χ3n) is 6.00. The number of rotatable bonds is 7. The molecule has 0 bridgehead atoms. The predicted octanol–water partition coefficient (Wildman–Crippen LogP) is 3.64. The first-order valence-corrected chi connectivity index (χ1v) is 11.0. The summed E-state index contributed by atoms with van der Waals surface area (Å²) in [6.07, 6.45) is 5.38. The van der Waals surface area contributed by atoms with Gasteiger partial charge in [-0.05, 0) is 43.5 Å². The molecular weight excluding hydrogens is 378 g/mol. The molecule has 1 aliphatic heterocycles. The molecule has 0 radical (unpaired) electrons. The van der Waals surface area contributed by atoms with Crippen molar-refractivity contribution in [2.45, 2.75) is 66.0 Å². The van der Waals surface area contributed by atoms with Gasteiger partial charge in [0.1, 0.15) is 0 Å². The largest absolute Gasteiger partial charge is 0.332 e. The average Bonchev–Trinajstić information content (AvgIpc) is 3.27. The molecular formula is C23H31N5O2. The van der Waals surface area contributed by atoms with Crippen molar-refractivity contribution in [1.29, 1.82) is 0 Å². The van der Waals surface area contributed by atoms with Gasteiger partial charge in [-0.3, -0.25) is 13.9 Å². The lowest BCUT2D eigenvalue weighted by atomic mass is 10.1. The van der Waals surface area contributed by atoms with Crippen LogP contribution < -0.4 is 16.1 Å². The highest BCUT2D eigenvalue weighted by Gasteiger charge is 2.28. The van der Waals surface area contributed by atoms with Gasteiger partial charge in [0.05, 0.1) is 0 Å². The zero-order valence-corrected chi connectivity index (χ0v) is 18.4. The SMILES string of the molecule is CCCCCCCn1c(=O)c2c(nc3n2CCN3c2cc(C)cc(C)c2)n(C)c1=O. The van der Waals surface area contributed by atoms with Crippen LogP contribution in [0.2, 0.25) is 0 Å². The van der Waals surface area contributed by atoms with Gasteiger partial charge in [0.2, 0.25) is 5.95 Å². The van der Waals surface area contributed by atoms with E-state index in [9.17, 15) is 9.59 Å². The Balaban J connectivity index is 1.75. The van der Waals surface area contributed by atoms with Crippen LogP contribution in [0.5, 0.6) is 0 Å². The third-order valence-corrected chi connectivity index (χ3v) is 6.00. The molecule has 2 aromatic heterocycles. The van der Waals surface area contributed by atoms with Gasteiger partial charge >= 0.3 is 5.69 Å². The van der Waals surface area contributed by atoms with Gasteiger partial charge in [-0.2, -0.15) is 4.98 Å². The van der Waals surface area contributed by atoms with Crippen LogP contribution in [0, 0.1) is 13.8 Å². The highest BCUT2D eigenvalue weighted by atomic mass is 16.2. The molecule has 3 aromatic rings. The lowest BCUT2D eigenvalue weighted by Crippen LogP contribution is -2.39. The Morgan fingerprint density at radius 3 is 2.37 bits per heavy atom. The summed E-state index contributed by atoms with van der Waals surface area (Å²) in [6, 6.07) is 6.41. The number of nitrogens with zero attached hydrogens (tertiary/aromatic N) is 5. The molecule has 1 aromatic carbocycles. The zero-order chi connectivity index (χ0) is 21.4. The molecule has 0 N–H and O–H groups in total. The Bertz CT molecular complexity index is 1180. The fourth-order valence-electron chi connectivity index (χ4n) is 4.50. The van der Waals surface area contributed by atoms with Gasteiger partial charge in [0, 0.05) is 32.4 Å². The van der Waals surface area contributed by atoms with Crippen molar-refractivity contribution in [3.63, 3.8) is 0 Å². The number of anilines is 2. The maximum atomic E-state index is 13.3. The Kier molecular flexibility index (Phi) is 5.54. The van der Waals surface area contributed by atoms with E-state index in [2.05, 4.69) is 43.9 Å². The summed E-state index contributed by atoms with van der Waals surface area (Å²) >= 11 is 0. The molecule has 0 unspecified atom stereocenters. The lowest BCUT2D eigenvalue weighted by molar-refractivity contribution is 0.531. The van der Waals surface area contributed by atoms with Crippen molar-refractivity contribution >= 4 is 22.8 Å². The van der Waals surface area contributed by atoms with E-state index in [1.54, 1.807) is 7.05 Å². The van der Waals surface area contributed by atoms with Crippen molar-refractivity contribution in [3.05, 3.63) is 50.2 Å². The van der Waals surface area contributed by atoms with E-state index in [1.807, 2.05) is 4.57 Å². The predicted molar refractivity (Wildman–Crippen MR) is 121 cm³/mol. The monoisotopic (exact) mass is 409 g/mol. The summed E-state index contributed by atoms with van der Waals surface area (Å²) in [5, 5.41) is 0. The minimum Gasteiger partial charge on any atom is -0.310 e. The highest BCUT2D eigenvalue weighted by molar-refractivity contribution is 5.78. The van der Waals surface area contributed by atoms with E-state index in [1.165, 1.54) is 33.1 Å². The molecule has 7 nitrogen and oxygen atoms in total. The number of hydrogen-bond acceptors (Lipinski definition) is 4. The second-order valence-electron chi connectivity index (χ2n) is 8.45. The van der Waals surface area contributed by atoms with Gasteiger partial charge < -0.3 is 9.47 Å². The number of unbranched alkanes of at least 4 members (excludes halogenated alkanes) is 4. The first-order valence-electron chi connectivity index (χ1n) is 11.0. The summed E-state index contributed by atoms with van der Waals surface area (Å²) in [6.45, 7) is 8.25. The molecule has 0 saturated carbocycles. The standard InChI is InChI=1S/C23H31N5O2/c1-5-6-7-8-9-10-28-21(29)19-20(25(4)23(28)30)24-22-26(11-12-27(19)22)18-14-16(2)13-17(3)15-18/h13-15H,5-12H2,1-4H3. The highest BCUT2D eigenvalue weighted by Crippen LogP contribution is 2.32. The summed E-state index contributed by atoms with van der Waals surface area (Å²) in [5.74, 6) is 0.739. The third kappa shape index (κ3) is 3.46. The number of aromatic nitrogens is 4. The van der Waals surface area contributed by atoms with Crippen LogP contribution in [0.4, 0.5) is 11.6 Å². The van der Waals surface area contributed by atoms with E-state index < -0.39 is 0 Å². The Morgan fingerprint density at radius 2 is 1.67 bits per heavy atom. The van der Waals surface area contributed by atoms with E-state index in [4.69, 9.17) is 4.98 Å². The maximum absolute atomic E-state index is 13.3. The topological polar surface area (TPSA) is 65.1 Å². The number of imidazole rings is 1. The number of aryl methyl sites for hydroxylation is 3. The smallest absolute Gasteiger partial charge is 0.310 e. The van der Waals surface area contributed by atoms with Crippen molar-refractivity contribution in [3.8, 4) is 0 Å². The molecule has 0 amide bonds. The molecule has 0 saturated heterocycles. The number of hydrogen-bond donors (Lipinski definition) is 0. The van der Waals surface area contributed by atoms with Gasteiger partial charge in [-0.25, -0.2) is 4.79 Å². The molecule has 160 valence electrons. The fraction of sp³-hybridized carbons (Fsp3) is 0.522. The van der Waals surface area contributed by atoms with Gasteiger partial charge in [-0.1, -0.05) is 38.7 Å². The van der Waals surface area contributed by atoms with Gasteiger partial charge in [0.25, 0.3) is 5.56 Å². The molecule has 0 spiro atoms. The second kappa shape index (κ2) is 8.13. The molecule has 30 heavy (non-hydrogen) atoms. The van der Waals surface area contributed by atoms with Crippen molar-refractivity contribution in [2.24, 2.45) is 7.05 Å². The molecule has 0 atom stereocenters. The van der Waals surface area contributed by atoms with Crippen LogP contribution in [0.25, 0.3) is 11.2 Å². The molecule has 3 heterocycles. The van der Waals surface area contributed by atoms with Crippen LogP contribution in [-0.2, 0) is 20.1 Å². The Morgan fingerprint density at radius 1 is 0.967 bits per heavy atom. The normalized spacial score (nSPS) is 13.4. The summed E-state index contributed by atoms with van der Waals surface area (Å²) in [5.41, 5.74) is 3.96. The van der Waals surface area contributed by atoms with E-state index in [0.29, 0.717) is 24.3 Å². The summed E-state index contributed by atoms with van der Waals surface area (Å²) in [7, 11) is 1.71. The van der Waals surface area contributed by atoms with E-state index >= 15 is 0 Å².